The zero-order valence-electron chi connectivity index (χ0n) is 8.43. The lowest BCUT2D eigenvalue weighted by atomic mass is 10.2. The van der Waals surface area contributed by atoms with Crippen molar-refractivity contribution in [3.05, 3.63) is 17.3 Å². The number of aryl methyl sites for hydroxylation is 2. The van der Waals surface area contributed by atoms with Gasteiger partial charge in [0.25, 0.3) is 5.92 Å². The molecule has 1 aromatic rings. The van der Waals surface area contributed by atoms with Gasteiger partial charge in [-0.1, -0.05) is 0 Å². The van der Waals surface area contributed by atoms with Gasteiger partial charge in [0, 0.05) is 6.92 Å². The van der Waals surface area contributed by atoms with Gasteiger partial charge in [0.05, 0.1) is 12.2 Å². The standard InChI is InChI=1S/C9H13F2N3/c1-6-4-8(14-13-7(6)2)12-5-9(3,10)11/h4H,5H2,1-3H3,(H,12,14). The first-order chi connectivity index (χ1) is 6.38. The summed E-state index contributed by atoms with van der Waals surface area (Å²) in [6.45, 7) is 4.11. The molecule has 0 bridgehead atoms. The number of hydrogen-bond acceptors (Lipinski definition) is 3. The number of nitrogens with zero attached hydrogens (tertiary/aromatic N) is 2. The molecule has 0 spiro atoms. The SMILES string of the molecule is Cc1cc(NCC(C)(F)F)nnc1C. The zero-order chi connectivity index (χ0) is 10.8. The Kier molecular flexibility index (Phi) is 2.98. The Morgan fingerprint density at radius 1 is 1.36 bits per heavy atom. The summed E-state index contributed by atoms with van der Waals surface area (Å²) in [6.07, 6.45) is 0. The van der Waals surface area contributed by atoms with E-state index in [1.165, 1.54) is 0 Å². The fraction of sp³-hybridized carbons (Fsp3) is 0.556. The molecule has 5 heteroatoms. The third kappa shape index (κ3) is 3.24. The minimum atomic E-state index is -2.74. The Labute approximate surface area is 81.5 Å². The molecule has 1 N–H and O–H groups in total. The van der Waals surface area contributed by atoms with Crippen molar-refractivity contribution in [3.63, 3.8) is 0 Å². The predicted molar refractivity (Wildman–Crippen MR) is 50.6 cm³/mol. The summed E-state index contributed by atoms with van der Waals surface area (Å²) >= 11 is 0. The van der Waals surface area contributed by atoms with Crippen molar-refractivity contribution in [2.24, 2.45) is 0 Å². The molecule has 0 aliphatic heterocycles. The Balaban J connectivity index is 2.65. The maximum atomic E-state index is 12.5. The van der Waals surface area contributed by atoms with Crippen molar-refractivity contribution in [1.29, 1.82) is 0 Å². The van der Waals surface area contributed by atoms with Crippen molar-refractivity contribution in [2.45, 2.75) is 26.7 Å². The molecule has 0 aromatic carbocycles. The topological polar surface area (TPSA) is 37.8 Å². The molecule has 0 saturated carbocycles. The van der Waals surface area contributed by atoms with E-state index in [4.69, 9.17) is 0 Å². The highest BCUT2D eigenvalue weighted by Crippen LogP contribution is 2.13. The minimum Gasteiger partial charge on any atom is -0.363 e. The van der Waals surface area contributed by atoms with Gasteiger partial charge < -0.3 is 5.32 Å². The van der Waals surface area contributed by atoms with Crippen molar-refractivity contribution in [3.8, 4) is 0 Å². The predicted octanol–water partition coefficient (Wildman–Crippen LogP) is 2.16. The van der Waals surface area contributed by atoms with E-state index in [1.54, 1.807) is 6.07 Å². The molecule has 14 heavy (non-hydrogen) atoms. The van der Waals surface area contributed by atoms with Crippen LogP contribution in [-0.4, -0.2) is 22.7 Å². The smallest absolute Gasteiger partial charge is 0.262 e. The van der Waals surface area contributed by atoms with Crippen LogP contribution in [0.2, 0.25) is 0 Å². The van der Waals surface area contributed by atoms with Crippen LogP contribution in [0, 0.1) is 13.8 Å². The first-order valence-corrected chi connectivity index (χ1v) is 4.31. The maximum absolute atomic E-state index is 12.5. The monoisotopic (exact) mass is 201 g/mol. The molecule has 3 nitrogen and oxygen atoms in total. The van der Waals surface area contributed by atoms with Crippen molar-refractivity contribution in [2.75, 3.05) is 11.9 Å². The summed E-state index contributed by atoms with van der Waals surface area (Å²) in [6, 6.07) is 1.70. The second-order valence-corrected chi connectivity index (χ2v) is 3.42. The van der Waals surface area contributed by atoms with Gasteiger partial charge in [-0.15, -0.1) is 5.10 Å². The van der Waals surface area contributed by atoms with Crippen LogP contribution in [0.4, 0.5) is 14.6 Å². The molecule has 0 unspecified atom stereocenters. The first kappa shape index (κ1) is 10.8. The van der Waals surface area contributed by atoms with Crippen molar-refractivity contribution >= 4 is 5.82 Å². The van der Waals surface area contributed by atoms with Gasteiger partial charge in [-0.05, 0) is 25.5 Å². The van der Waals surface area contributed by atoms with Crippen LogP contribution < -0.4 is 5.32 Å². The number of rotatable bonds is 3. The largest absolute Gasteiger partial charge is 0.363 e. The second-order valence-electron chi connectivity index (χ2n) is 3.42. The van der Waals surface area contributed by atoms with E-state index >= 15 is 0 Å². The van der Waals surface area contributed by atoms with Crippen molar-refractivity contribution < 1.29 is 8.78 Å². The van der Waals surface area contributed by atoms with E-state index in [0.29, 0.717) is 5.82 Å². The lowest BCUT2D eigenvalue weighted by Gasteiger charge is -2.11. The average Bonchev–Trinajstić information content (AvgIpc) is 2.06. The Morgan fingerprint density at radius 3 is 2.50 bits per heavy atom. The number of aromatic nitrogens is 2. The van der Waals surface area contributed by atoms with E-state index in [9.17, 15) is 8.78 Å². The average molecular weight is 201 g/mol. The van der Waals surface area contributed by atoms with Gasteiger partial charge >= 0.3 is 0 Å². The third-order valence-corrected chi connectivity index (χ3v) is 1.81. The van der Waals surface area contributed by atoms with Gasteiger partial charge in [-0.25, -0.2) is 8.78 Å². The Morgan fingerprint density at radius 2 is 2.00 bits per heavy atom. The zero-order valence-corrected chi connectivity index (χ0v) is 8.43. The van der Waals surface area contributed by atoms with Crippen LogP contribution >= 0.6 is 0 Å². The molecule has 0 saturated heterocycles. The van der Waals surface area contributed by atoms with Crippen LogP contribution in [0.5, 0.6) is 0 Å². The van der Waals surface area contributed by atoms with Crippen LogP contribution in [0.1, 0.15) is 18.2 Å². The number of anilines is 1. The van der Waals surface area contributed by atoms with E-state index in [2.05, 4.69) is 15.5 Å². The first-order valence-electron chi connectivity index (χ1n) is 4.31. The maximum Gasteiger partial charge on any atom is 0.262 e. The molecule has 0 aliphatic rings. The highest BCUT2D eigenvalue weighted by Gasteiger charge is 2.20. The van der Waals surface area contributed by atoms with E-state index in [-0.39, 0.29) is 0 Å². The van der Waals surface area contributed by atoms with Gasteiger partial charge in [0.2, 0.25) is 0 Å². The summed E-state index contributed by atoms with van der Waals surface area (Å²) in [5.41, 5.74) is 1.74. The van der Waals surface area contributed by atoms with Crippen LogP contribution in [0.25, 0.3) is 0 Å². The van der Waals surface area contributed by atoms with Gasteiger partial charge in [0.15, 0.2) is 0 Å². The highest BCUT2D eigenvalue weighted by atomic mass is 19.3. The molecule has 1 aromatic heterocycles. The van der Waals surface area contributed by atoms with Gasteiger partial charge in [-0.3, -0.25) is 0 Å². The fourth-order valence-electron chi connectivity index (χ4n) is 0.878. The fourth-order valence-corrected chi connectivity index (χ4v) is 0.878. The highest BCUT2D eigenvalue weighted by molar-refractivity contribution is 5.37. The van der Waals surface area contributed by atoms with Gasteiger partial charge in [0.1, 0.15) is 5.82 Å². The minimum absolute atomic E-state index is 0.384. The summed E-state index contributed by atoms with van der Waals surface area (Å²) in [7, 11) is 0. The van der Waals surface area contributed by atoms with Crippen molar-refractivity contribution in [1.82, 2.24) is 10.2 Å². The summed E-state index contributed by atoms with van der Waals surface area (Å²) in [4.78, 5) is 0. The lowest BCUT2D eigenvalue weighted by Crippen LogP contribution is -2.23. The molecule has 0 atom stereocenters. The normalized spacial score (nSPS) is 11.5. The second kappa shape index (κ2) is 3.86. The number of alkyl halides is 2. The Bertz CT molecular complexity index is 320. The molecule has 0 amide bonds. The molecule has 0 fully saturated rings. The third-order valence-electron chi connectivity index (χ3n) is 1.81. The Hall–Kier alpha value is -1.26. The van der Waals surface area contributed by atoms with Crippen LogP contribution in [-0.2, 0) is 0 Å². The van der Waals surface area contributed by atoms with E-state index in [1.807, 2.05) is 13.8 Å². The quantitative estimate of drug-likeness (QED) is 0.814. The van der Waals surface area contributed by atoms with E-state index in [0.717, 1.165) is 18.2 Å². The summed E-state index contributed by atoms with van der Waals surface area (Å²) in [5, 5.41) is 10.1. The summed E-state index contributed by atoms with van der Waals surface area (Å²) < 4.78 is 25.0. The van der Waals surface area contributed by atoms with Gasteiger partial charge in [-0.2, -0.15) is 5.10 Å². The molecular weight excluding hydrogens is 188 g/mol. The molecule has 1 rings (SSSR count). The number of halogens is 2. The molecular formula is C9H13F2N3. The van der Waals surface area contributed by atoms with Crippen LogP contribution in [0.3, 0.4) is 0 Å². The lowest BCUT2D eigenvalue weighted by molar-refractivity contribution is 0.0367. The molecule has 0 aliphatic carbocycles. The van der Waals surface area contributed by atoms with E-state index < -0.39 is 12.5 Å². The number of hydrogen-bond donors (Lipinski definition) is 1. The number of nitrogens with one attached hydrogen (secondary N) is 1. The molecule has 0 radical (unpaired) electrons. The molecule has 78 valence electrons. The molecule has 1 heterocycles. The van der Waals surface area contributed by atoms with Crippen LogP contribution in [0.15, 0.2) is 6.07 Å². The summed E-state index contributed by atoms with van der Waals surface area (Å²) in [5.74, 6) is -2.35.